The van der Waals surface area contributed by atoms with Gasteiger partial charge in [0.25, 0.3) is 0 Å². The first-order valence-corrected chi connectivity index (χ1v) is 3.31. The maximum absolute atomic E-state index is 10.6. The van der Waals surface area contributed by atoms with Gasteiger partial charge in [-0.15, -0.1) is 0 Å². The molecule has 0 saturated carbocycles. The van der Waals surface area contributed by atoms with E-state index in [0.29, 0.717) is 0 Å². The monoisotopic (exact) mass is 150 g/mol. The fourth-order valence-electron chi connectivity index (χ4n) is 0.825. The third-order valence-electron chi connectivity index (χ3n) is 1.47. The Balaban J connectivity index is 2.85. The molecule has 4 N–H and O–H groups in total. The zero-order valence-corrected chi connectivity index (χ0v) is 6.03. The van der Waals surface area contributed by atoms with Gasteiger partial charge in [0.05, 0.1) is 0 Å². The van der Waals surface area contributed by atoms with E-state index in [1.165, 1.54) is 0 Å². The number of rotatable bonds is 2. The number of carbonyl (C=O) groups excluding carboxylic acids is 1. The van der Waals surface area contributed by atoms with Crippen molar-refractivity contribution in [1.82, 2.24) is 0 Å². The van der Waals surface area contributed by atoms with Crippen LogP contribution >= 0.6 is 0 Å². The van der Waals surface area contributed by atoms with E-state index in [1.807, 2.05) is 18.2 Å². The zero-order valence-electron chi connectivity index (χ0n) is 6.03. The molecule has 58 valence electrons. The molecule has 11 heavy (non-hydrogen) atoms. The molecule has 0 aromatic heterocycles. The van der Waals surface area contributed by atoms with E-state index in [2.05, 4.69) is 0 Å². The van der Waals surface area contributed by atoms with Gasteiger partial charge < -0.3 is 11.5 Å². The van der Waals surface area contributed by atoms with Crippen LogP contribution in [-0.2, 0) is 4.79 Å². The summed E-state index contributed by atoms with van der Waals surface area (Å²) in [4.78, 5) is 10.6. The standard InChI is InChI=1S/C8H10N2O/c9-7(8(10)11)6-4-2-1-3-5-6/h1-5,7H,9H2,(H2,10,11)/t7-/m0/s1. The van der Waals surface area contributed by atoms with Crippen LogP contribution in [0, 0.1) is 0 Å². The van der Waals surface area contributed by atoms with Crippen molar-refractivity contribution in [3.63, 3.8) is 0 Å². The fourth-order valence-corrected chi connectivity index (χ4v) is 0.825. The molecule has 0 aliphatic rings. The second kappa shape index (κ2) is 3.16. The molecule has 0 spiro atoms. The average Bonchev–Trinajstić information content (AvgIpc) is 2.05. The molecule has 0 saturated heterocycles. The zero-order chi connectivity index (χ0) is 8.27. The van der Waals surface area contributed by atoms with Crippen LogP contribution in [0.1, 0.15) is 11.6 Å². The lowest BCUT2D eigenvalue weighted by Gasteiger charge is -2.05. The van der Waals surface area contributed by atoms with E-state index >= 15 is 0 Å². The molecule has 1 rings (SSSR count). The van der Waals surface area contributed by atoms with Crippen molar-refractivity contribution in [3.05, 3.63) is 35.9 Å². The third-order valence-corrected chi connectivity index (χ3v) is 1.47. The Morgan fingerprint density at radius 2 is 1.82 bits per heavy atom. The van der Waals surface area contributed by atoms with Gasteiger partial charge in [0.2, 0.25) is 5.91 Å². The van der Waals surface area contributed by atoms with Crippen molar-refractivity contribution in [3.8, 4) is 0 Å². The summed E-state index contributed by atoms with van der Waals surface area (Å²) in [5.74, 6) is -0.504. The number of hydrogen-bond acceptors (Lipinski definition) is 2. The number of carbonyl (C=O) groups is 1. The second-order valence-electron chi connectivity index (χ2n) is 2.29. The van der Waals surface area contributed by atoms with Crippen LogP contribution < -0.4 is 11.5 Å². The highest BCUT2D eigenvalue weighted by Crippen LogP contribution is 2.07. The number of nitrogens with two attached hydrogens (primary N) is 2. The van der Waals surface area contributed by atoms with E-state index in [4.69, 9.17) is 11.5 Å². The van der Waals surface area contributed by atoms with Crippen molar-refractivity contribution in [2.75, 3.05) is 0 Å². The molecular weight excluding hydrogens is 140 g/mol. The first-order valence-electron chi connectivity index (χ1n) is 3.31. The van der Waals surface area contributed by atoms with Gasteiger partial charge >= 0.3 is 0 Å². The summed E-state index contributed by atoms with van der Waals surface area (Å²) in [7, 11) is 0. The number of primary amides is 1. The quantitative estimate of drug-likeness (QED) is 0.631. The van der Waals surface area contributed by atoms with Gasteiger partial charge in [-0.25, -0.2) is 0 Å². The van der Waals surface area contributed by atoms with Crippen LogP contribution in [-0.4, -0.2) is 5.91 Å². The van der Waals surface area contributed by atoms with E-state index in [0.717, 1.165) is 5.56 Å². The molecule has 0 aliphatic heterocycles. The van der Waals surface area contributed by atoms with Crippen molar-refractivity contribution < 1.29 is 4.79 Å². The largest absolute Gasteiger partial charge is 0.368 e. The number of amides is 1. The van der Waals surface area contributed by atoms with Crippen molar-refractivity contribution >= 4 is 5.91 Å². The minimum absolute atomic E-state index is 0.504. The lowest BCUT2D eigenvalue weighted by Crippen LogP contribution is -2.27. The molecule has 1 aromatic rings. The van der Waals surface area contributed by atoms with Crippen LogP contribution in [0.4, 0.5) is 0 Å². The Morgan fingerprint density at radius 1 is 1.27 bits per heavy atom. The Labute approximate surface area is 65.0 Å². The topological polar surface area (TPSA) is 69.1 Å². The Hall–Kier alpha value is -1.35. The Bertz CT molecular complexity index is 246. The maximum Gasteiger partial charge on any atom is 0.238 e. The molecule has 0 unspecified atom stereocenters. The average molecular weight is 150 g/mol. The highest BCUT2D eigenvalue weighted by Gasteiger charge is 2.09. The molecule has 0 bridgehead atoms. The molecule has 0 heterocycles. The fraction of sp³-hybridized carbons (Fsp3) is 0.125. The first kappa shape index (κ1) is 7.75. The molecule has 0 radical (unpaired) electrons. The van der Waals surface area contributed by atoms with Gasteiger partial charge in [-0.2, -0.15) is 0 Å². The molecule has 1 atom stereocenters. The lowest BCUT2D eigenvalue weighted by atomic mass is 10.1. The molecule has 1 amide bonds. The minimum Gasteiger partial charge on any atom is -0.368 e. The van der Waals surface area contributed by atoms with Gasteiger partial charge in [0, 0.05) is 0 Å². The summed E-state index contributed by atoms with van der Waals surface area (Å²) < 4.78 is 0. The van der Waals surface area contributed by atoms with Crippen molar-refractivity contribution in [1.29, 1.82) is 0 Å². The Morgan fingerprint density at radius 3 is 2.27 bits per heavy atom. The van der Waals surface area contributed by atoms with Gasteiger partial charge in [-0.1, -0.05) is 30.3 Å². The van der Waals surface area contributed by atoms with E-state index < -0.39 is 11.9 Å². The van der Waals surface area contributed by atoms with Crippen LogP contribution in [0.2, 0.25) is 0 Å². The van der Waals surface area contributed by atoms with Crippen LogP contribution in [0.3, 0.4) is 0 Å². The van der Waals surface area contributed by atoms with Crippen LogP contribution in [0.25, 0.3) is 0 Å². The summed E-state index contributed by atoms with van der Waals surface area (Å²) in [6, 6.07) is 8.36. The molecule has 3 nitrogen and oxygen atoms in total. The highest BCUT2D eigenvalue weighted by molar-refractivity contribution is 5.81. The normalized spacial score (nSPS) is 12.5. The van der Waals surface area contributed by atoms with Gasteiger partial charge in [0.1, 0.15) is 6.04 Å². The summed E-state index contributed by atoms with van der Waals surface area (Å²) in [6.45, 7) is 0. The third kappa shape index (κ3) is 1.78. The summed E-state index contributed by atoms with van der Waals surface area (Å²) in [6.07, 6.45) is 0. The van der Waals surface area contributed by atoms with Crippen LogP contribution in [0.5, 0.6) is 0 Å². The Kier molecular flexibility index (Phi) is 2.23. The van der Waals surface area contributed by atoms with E-state index in [9.17, 15) is 4.79 Å². The summed E-state index contributed by atoms with van der Waals surface area (Å²) >= 11 is 0. The number of hydrogen-bond donors (Lipinski definition) is 2. The predicted molar refractivity (Wildman–Crippen MR) is 42.6 cm³/mol. The first-order chi connectivity index (χ1) is 5.22. The number of benzene rings is 1. The molecule has 1 aromatic carbocycles. The van der Waals surface area contributed by atoms with Gasteiger partial charge in [-0.3, -0.25) is 4.79 Å². The van der Waals surface area contributed by atoms with E-state index in [1.54, 1.807) is 12.1 Å². The molecular formula is C8H10N2O. The SMILES string of the molecule is NC(=O)[C@@H](N)c1ccccc1. The molecule has 3 heteroatoms. The highest BCUT2D eigenvalue weighted by atomic mass is 16.1. The molecule has 0 aliphatic carbocycles. The molecule has 0 fully saturated rings. The van der Waals surface area contributed by atoms with Crippen molar-refractivity contribution in [2.45, 2.75) is 6.04 Å². The maximum atomic E-state index is 10.6. The second-order valence-corrected chi connectivity index (χ2v) is 2.29. The summed E-state index contributed by atoms with van der Waals surface area (Å²) in [5.41, 5.74) is 11.2. The van der Waals surface area contributed by atoms with Gasteiger partial charge in [-0.05, 0) is 5.56 Å². The van der Waals surface area contributed by atoms with Gasteiger partial charge in [0.15, 0.2) is 0 Å². The minimum atomic E-state index is -0.684. The summed E-state index contributed by atoms with van der Waals surface area (Å²) in [5, 5.41) is 0. The predicted octanol–water partition coefficient (Wildman–Crippen LogP) is 0.172. The smallest absolute Gasteiger partial charge is 0.238 e. The lowest BCUT2D eigenvalue weighted by molar-refractivity contribution is -0.119. The van der Waals surface area contributed by atoms with E-state index in [-0.39, 0.29) is 0 Å². The van der Waals surface area contributed by atoms with Crippen LogP contribution in [0.15, 0.2) is 30.3 Å². The van der Waals surface area contributed by atoms with Crippen molar-refractivity contribution in [2.24, 2.45) is 11.5 Å².